The molecule has 0 aliphatic heterocycles. The Morgan fingerprint density at radius 1 is 1.38 bits per heavy atom. The normalized spacial score (nSPS) is 11.6. The van der Waals surface area contributed by atoms with Crippen LogP contribution in [0.4, 0.5) is 5.69 Å². The van der Waals surface area contributed by atoms with Crippen molar-refractivity contribution in [1.82, 2.24) is 4.98 Å². The summed E-state index contributed by atoms with van der Waals surface area (Å²) in [6, 6.07) is 3.76. The molecule has 6 heteroatoms. The lowest BCUT2D eigenvalue weighted by Gasteiger charge is -1.98. The van der Waals surface area contributed by atoms with E-state index in [0.717, 1.165) is 40.2 Å². The Kier molecular flexibility index (Phi) is 5.12. The van der Waals surface area contributed by atoms with E-state index in [9.17, 15) is 9.90 Å². The summed E-state index contributed by atoms with van der Waals surface area (Å²) in [5.74, 6) is -0.335. The van der Waals surface area contributed by atoms with Gasteiger partial charge in [0.05, 0.1) is 5.52 Å². The Morgan fingerprint density at radius 3 is 2.86 bits per heavy atom. The molecule has 0 fully saturated rings. The summed E-state index contributed by atoms with van der Waals surface area (Å²) in [4.78, 5) is 14.5. The van der Waals surface area contributed by atoms with Gasteiger partial charge in [-0.25, -0.2) is 0 Å². The van der Waals surface area contributed by atoms with Crippen LogP contribution in [0, 0.1) is 6.92 Å². The molecule has 0 radical (unpaired) electrons. The van der Waals surface area contributed by atoms with Crippen LogP contribution in [0.3, 0.4) is 0 Å². The molecular weight excluding hydrogens is 334 g/mol. The number of aromatic hydroxyl groups is 1. The van der Waals surface area contributed by atoms with Crippen molar-refractivity contribution in [3.63, 3.8) is 0 Å². The molecule has 1 aromatic carbocycles. The second kappa shape index (κ2) is 6.85. The van der Waals surface area contributed by atoms with Crippen LogP contribution in [0.5, 0.6) is 5.88 Å². The molecule has 0 saturated heterocycles. The third-order valence-corrected chi connectivity index (χ3v) is 4.14. The maximum Gasteiger partial charge on any atom is 0.264 e. The van der Waals surface area contributed by atoms with Crippen LogP contribution >= 0.6 is 15.9 Å². The number of nitrogens with zero attached hydrogens (tertiary/aromatic N) is 2. The SMILES string of the molecule is CCCCCC(=O)N=Nc1c(O)[nH]c2cc(Br)c(C)cc12. The maximum atomic E-state index is 11.6. The first kappa shape index (κ1) is 15.7. The fourth-order valence-corrected chi connectivity index (χ4v) is 2.42. The quantitative estimate of drug-likeness (QED) is 0.578. The Balaban J connectivity index is 2.23. The molecule has 0 saturated carbocycles. The number of aryl methyl sites for hydroxylation is 1. The summed E-state index contributed by atoms with van der Waals surface area (Å²) in [6.07, 6.45) is 3.28. The van der Waals surface area contributed by atoms with Gasteiger partial charge in [-0.15, -0.1) is 10.2 Å². The molecule has 0 aliphatic carbocycles. The first-order valence-corrected chi connectivity index (χ1v) is 7.77. The average molecular weight is 352 g/mol. The number of carbonyl (C=O) groups excluding carboxylic acids is 1. The van der Waals surface area contributed by atoms with Gasteiger partial charge in [-0.2, -0.15) is 0 Å². The average Bonchev–Trinajstić information content (AvgIpc) is 2.72. The van der Waals surface area contributed by atoms with E-state index in [2.05, 4.69) is 38.1 Å². The number of rotatable bonds is 5. The first-order chi connectivity index (χ1) is 10.0. The van der Waals surface area contributed by atoms with Crippen LogP contribution in [-0.4, -0.2) is 16.0 Å². The summed E-state index contributed by atoms with van der Waals surface area (Å²) in [6.45, 7) is 4.03. The predicted octanol–water partition coefficient (Wildman–Crippen LogP) is 5.14. The zero-order valence-electron chi connectivity index (χ0n) is 12.1. The predicted molar refractivity (Wildman–Crippen MR) is 86.1 cm³/mol. The Hall–Kier alpha value is -1.69. The van der Waals surface area contributed by atoms with Crippen molar-refractivity contribution in [2.75, 3.05) is 0 Å². The van der Waals surface area contributed by atoms with E-state index in [-0.39, 0.29) is 11.8 Å². The van der Waals surface area contributed by atoms with Crippen molar-refractivity contribution < 1.29 is 9.90 Å². The van der Waals surface area contributed by atoms with Crippen molar-refractivity contribution in [2.45, 2.75) is 39.5 Å². The van der Waals surface area contributed by atoms with Gasteiger partial charge in [-0.1, -0.05) is 35.7 Å². The minimum Gasteiger partial charge on any atom is -0.493 e. The number of aromatic amines is 1. The van der Waals surface area contributed by atoms with Crippen molar-refractivity contribution in [2.24, 2.45) is 10.2 Å². The monoisotopic (exact) mass is 351 g/mol. The lowest BCUT2D eigenvalue weighted by molar-refractivity contribution is -0.118. The summed E-state index contributed by atoms with van der Waals surface area (Å²) in [5, 5.41) is 18.3. The van der Waals surface area contributed by atoms with Crippen molar-refractivity contribution >= 4 is 38.4 Å². The topological polar surface area (TPSA) is 77.8 Å². The number of hydrogen-bond acceptors (Lipinski definition) is 3. The van der Waals surface area contributed by atoms with Gasteiger partial charge in [0.25, 0.3) is 5.91 Å². The number of H-pyrrole nitrogens is 1. The number of carbonyl (C=O) groups is 1. The van der Waals surface area contributed by atoms with E-state index >= 15 is 0 Å². The van der Waals surface area contributed by atoms with Crippen molar-refractivity contribution in [3.05, 3.63) is 22.2 Å². The number of aromatic nitrogens is 1. The molecule has 1 amide bonds. The Labute approximate surface area is 131 Å². The van der Waals surface area contributed by atoms with E-state index in [1.807, 2.05) is 19.1 Å². The molecule has 0 atom stereocenters. The standard InChI is InChI=1S/C15H18BrN3O2/c1-3-4-5-6-13(20)18-19-14-10-7-9(2)11(16)8-12(10)17-15(14)21/h7-8,17,21H,3-6H2,1-2H3. The number of benzene rings is 1. The van der Waals surface area contributed by atoms with Gasteiger partial charge in [-0.3, -0.25) is 4.79 Å². The highest BCUT2D eigenvalue weighted by atomic mass is 79.9. The van der Waals surface area contributed by atoms with Crippen LogP contribution in [-0.2, 0) is 4.79 Å². The lowest BCUT2D eigenvalue weighted by atomic mass is 10.1. The second-order valence-electron chi connectivity index (χ2n) is 5.02. The third-order valence-electron chi connectivity index (χ3n) is 3.29. The maximum absolute atomic E-state index is 11.6. The molecular formula is C15H18BrN3O2. The molecule has 2 N–H and O–H groups in total. The van der Waals surface area contributed by atoms with Crippen LogP contribution in [0.15, 0.2) is 26.8 Å². The molecule has 2 rings (SSSR count). The highest BCUT2D eigenvalue weighted by Gasteiger charge is 2.12. The molecule has 112 valence electrons. The Morgan fingerprint density at radius 2 is 2.14 bits per heavy atom. The molecule has 5 nitrogen and oxygen atoms in total. The lowest BCUT2D eigenvalue weighted by Crippen LogP contribution is -1.91. The molecule has 1 aromatic heterocycles. The van der Waals surface area contributed by atoms with E-state index in [1.54, 1.807) is 0 Å². The zero-order valence-corrected chi connectivity index (χ0v) is 13.7. The highest BCUT2D eigenvalue weighted by Crippen LogP contribution is 2.37. The van der Waals surface area contributed by atoms with Crippen LogP contribution < -0.4 is 0 Å². The highest BCUT2D eigenvalue weighted by molar-refractivity contribution is 9.10. The van der Waals surface area contributed by atoms with E-state index in [0.29, 0.717) is 12.1 Å². The van der Waals surface area contributed by atoms with Gasteiger partial charge in [0, 0.05) is 16.3 Å². The molecule has 0 unspecified atom stereocenters. The fourth-order valence-electron chi connectivity index (χ4n) is 2.08. The molecule has 0 bridgehead atoms. The third kappa shape index (κ3) is 3.69. The smallest absolute Gasteiger partial charge is 0.264 e. The van der Waals surface area contributed by atoms with Crippen molar-refractivity contribution in [3.8, 4) is 5.88 Å². The first-order valence-electron chi connectivity index (χ1n) is 6.98. The fraction of sp³-hybridized carbons (Fsp3) is 0.400. The molecule has 2 aromatic rings. The van der Waals surface area contributed by atoms with E-state index < -0.39 is 0 Å². The largest absolute Gasteiger partial charge is 0.493 e. The molecule has 0 spiro atoms. The van der Waals surface area contributed by atoms with Gasteiger partial charge in [-0.05, 0) is 31.0 Å². The Bertz CT molecular complexity index is 692. The van der Waals surface area contributed by atoms with Gasteiger partial charge < -0.3 is 10.1 Å². The number of fused-ring (bicyclic) bond motifs is 1. The number of halogens is 1. The summed E-state index contributed by atoms with van der Waals surface area (Å²) >= 11 is 3.44. The summed E-state index contributed by atoms with van der Waals surface area (Å²) < 4.78 is 0.940. The zero-order chi connectivity index (χ0) is 15.4. The van der Waals surface area contributed by atoms with Gasteiger partial charge in [0.2, 0.25) is 5.88 Å². The number of hydrogen-bond donors (Lipinski definition) is 2. The minimum atomic E-state index is -0.258. The number of nitrogens with one attached hydrogen (secondary N) is 1. The molecule has 21 heavy (non-hydrogen) atoms. The minimum absolute atomic E-state index is 0.0763. The summed E-state index contributed by atoms with van der Waals surface area (Å²) in [7, 11) is 0. The van der Waals surface area contributed by atoms with Crippen LogP contribution in [0.2, 0.25) is 0 Å². The second-order valence-corrected chi connectivity index (χ2v) is 5.87. The summed E-state index contributed by atoms with van der Waals surface area (Å²) in [5.41, 5.74) is 2.08. The number of unbranched alkanes of at least 4 members (excludes halogenated alkanes) is 2. The van der Waals surface area contributed by atoms with E-state index in [4.69, 9.17) is 0 Å². The van der Waals surface area contributed by atoms with Crippen LogP contribution in [0.25, 0.3) is 10.9 Å². The molecule has 0 aliphatic rings. The van der Waals surface area contributed by atoms with Gasteiger partial charge in [0.1, 0.15) is 0 Å². The molecule has 1 heterocycles. The van der Waals surface area contributed by atoms with E-state index in [1.165, 1.54) is 0 Å². The van der Waals surface area contributed by atoms with Gasteiger partial charge in [0.15, 0.2) is 5.69 Å². The number of azo groups is 1. The van der Waals surface area contributed by atoms with Gasteiger partial charge >= 0.3 is 0 Å². The van der Waals surface area contributed by atoms with Crippen molar-refractivity contribution in [1.29, 1.82) is 0 Å². The van der Waals surface area contributed by atoms with Crippen LogP contribution in [0.1, 0.15) is 38.2 Å². The number of amides is 1.